The molecule has 3 aliphatic rings. The molecule has 0 N–H and O–H groups in total. The molecule has 0 fully saturated rings. The molecular formula is C59H36N2. The second kappa shape index (κ2) is 13.0. The van der Waals surface area contributed by atoms with Gasteiger partial charge in [-0.3, -0.25) is 0 Å². The topological polar surface area (TPSA) is 25.8 Å². The Bertz CT molecular complexity index is 3580. The second-order valence-corrected chi connectivity index (χ2v) is 16.5. The van der Waals surface area contributed by atoms with Crippen molar-refractivity contribution in [1.29, 1.82) is 0 Å². The van der Waals surface area contributed by atoms with E-state index in [2.05, 4.69) is 206 Å². The summed E-state index contributed by atoms with van der Waals surface area (Å²) in [6.45, 7) is 0. The number of nitrogens with zero attached hydrogens (tertiary/aromatic N) is 2. The first-order chi connectivity index (χ1) is 30.2. The van der Waals surface area contributed by atoms with Crippen molar-refractivity contribution >= 4 is 44.0 Å². The van der Waals surface area contributed by atoms with E-state index in [1.807, 2.05) is 12.1 Å². The Hall–Kier alpha value is -7.94. The molecule has 10 aromatic rings. The summed E-state index contributed by atoms with van der Waals surface area (Å²) in [6, 6.07) is 70.4. The molecule has 1 spiro atoms. The van der Waals surface area contributed by atoms with Crippen LogP contribution in [0.2, 0.25) is 0 Å². The van der Waals surface area contributed by atoms with Crippen LogP contribution < -0.4 is 10.4 Å². The highest BCUT2D eigenvalue weighted by Crippen LogP contribution is 2.57. The lowest BCUT2D eigenvalue weighted by Gasteiger charge is -2.34. The minimum Gasteiger partial charge on any atom is -0.228 e. The van der Waals surface area contributed by atoms with Crippen LogP contribution >= 0.6 is 0 Å². The van der Waals surface area contributed by atoms with Crippen molar-refractivity contribution in [3.05, 3.63) is 239 Å². The molecule has 0 atom stereocenters. The average Bonchev–Trinajstić information content (AvgIpc) is 3.85. The van der Waals surface area contributed by atoms with Crippen molar-refractivity contribution in [3.63, 3.8) is 0 Å². The minimum atomic E-state index is -0.357. The lowest BCUT2D eigenvalue weighted by Crippen LogP contribution is -2.33. The van der Waals surface area contributed by atoms with Gasteiger partial charge in [0.15, 0.2) is 5.82 Å². The predicted octanol–water partition coefficient (Wildman–Crippen LogP) is 13.0. The van der Waals surface area contributed by atoms with Crippen LogP contribution in [0.3, 0.4) is 0 Å². The number of allylic oxidation sites excluding steroid dienone is 4. The first-order valence-electron chi connectivity index (χ1n) is 21.1. The van der Waals surface area contributed by atoms with Crippen LogP contribution in [-0.4, -0.2) is 9.97 Å². The van der Waals surface area contributed by atoms with Crippen LogP contribution in [0.5, 0.6) is 0 Å². The van der Waals surface area contributed by atoms with Crippen LogP contribution in [0.25, 0.3) is 100 Å². The third-order valence-electron chi connectivity index (χ3n) is 13.2. The Balaban J connectivity index is 1.01. The van der Waals surface area contributed by atoms with Crippen molar-refractivity contribution in [2.24, 2.45) is 0 Å². The molecule has 13 rings (SSSR count). The largest absolute Gasteiger partial charge is 0.228 e. The SMILES string of the molecule is C1=CC2(C3=c4cc5c6ccc(-c7cccc(-c8nc(-c9ccccc9)cc(-c9ccccc9)n8)c7)cc6c6ccccc6c5cc4=CC3=C1)c1ccccc1-c1ccccc12. The zero-order chi connectivity index (χ0) is 40.1. The molecule has 9 aromatic carbocycles. The fraction of sp³-hybridized carbons (Fsp3) is 0.0169. The fourth-order valence-electron chi connectivity index (χ4n) is 10.5. The molecule has 0 unspecified atom stereocenters. The molecule has 2 nitrogen and oxygen atoms in total. The van der Waals surface area contributed by atoms with Gasteiger partial charge in [-0.05, 0) is 124 Å². The van der Waals surface area contributed by atoms with Gasteiger partial charge < -0.3 is 0 Å². The smallest absolute Gasteiger partial charge is 0.160 e. The molecule has 0 amide bonds. The maximum Gasteiger partial charge on any atom is 0.160 e. The number of rotatable bonds is 4. The van der Waals surface area contributed by atoms with Gasteiger partial charge in [0.25, 0.3) is 0 Å². The van der Waals surface area contributed by atoms with Gasteiger partial charge in [-0.25, -0.2) is 9.97 Å². The molecule has 61 heavy (non-hydrogen) atoms. The highest BCUT2D eigenvalue weighted by Gasteiger charge is 2.46. The maximum atomic E-state index is 5.14. The van der Waals surface area contributed by atoms with Crippen LogP contribution in [-0.2, 0) is 5.41 Å². The number of benzene rings is 9. The highest BCUT2D eigenvalue weighted by molar-refractivity contribution is 6.26. The zero-order valence-corrected chi connectivity index (χ0v) is 33.2. The number of hydrogen-bond donors (Lipinski definition) is 0. The van der Waals surface area contributed by atoms with E-state index in [4.69, 9.17) is 9.97 Å². The van der Waals surface area contributed by atoms with E-state index in [1.165, 1.54) is 76.2 Å². The predicted molar refractivity (Wildman–Crippen MR) is 253 cm³/mol. The third-order valence-corrected chi connectivity index (χ3v) is 13.2. The number of fused-ring (bicyclic) bond motifs is 14. The monoisotopic (exact) mass is 772 g/mol. The maximum absolute atomic E-state index is 5.14. The quantitative estimate of drug-likeness (QED) is 0.167. The van der Waals surface area contributed by atoms with E-state index in [0.29, 0.717) is 5.82 Å². The summed E-state index contributed by atoms with van der Waals surface area (Å²) in [6.07, 6.45) is 9.43. The summed E-state index contributed by atoms with van der Waals surface area (Å²) in [4.78, 5) is 10.3. The summed E-state index contributed by atoms with van der Waals surface area (Å²) < 4.78 is 0. The first-order valence-corrected chi connectivity index (χ1v) is 21.1. The lowest BCUT2D eigenvalue weighted by atomic mass is 9.67. The Labute approximate surface area is 353 Å². The van der Waals surface area contributed by atoms with E-state index < -0.39 is 0 Å². The molecular weight excluding hydrogens is 737 g/mol. The van der Waals surface area contributed by atoms with Crippen LogP contribution in [0.15, 0.2) is 218 Å². The Morgan fingerprint density at radius 1 is 0.377 bits per heavy atom. The minimum absolute atomic E-state index is 0.357. The Morgan fingerprint density at radius 2 is 0.918 bits per heavy atom. The van der Waals surface area contributed by atoms with E-state index in [1.54, 1.807) is 0 Å². The summed E-state index contributed by atoms with van der Waals surface area (Å²) in [5.41, 5.74) is 14.9. The standard InChI is InChI=1S/C59H36N2/c1-3-15-37(16-4-1)55-36-56(38-17-5-2-6-18-38)61-58(60-55)42-20-13-19-39(31-42)40-28-29-46-50(33-40)44-22-7-8-23-45(44)51-34-43-32-41-21-14-30-59(57(41)49(43)35-52(46)51)53-26-11-9-24-47(53)48-25-10-12-27-54(48)59/h1-36H. The third kappa shape index (κ3) is 5.03. The van der Waals surface area contributed by atoms with Gasteiger partial charge in [0.1, 0.15) is 0 Å². The summed E-state index contributed by atoms with van der Waals surface area (Å²) in [5.74, 6) is 0.707. The Kier molecular flexibility index (Phi) is 7.26. The average molecular weight is 773 g/mol. The summed E-state index contributed by atoms with van der Waals surface area (Å²) in [5, 5.41) is 10.2. The normalized spacial score (nSPS) is 14.2. The number of hydrogen-bond acceptors (Lipinski definition) is 2. The van der Waals surface area contributed by atoms with Crippen molar-refractivity contribution in [2.45, 2.75) is 5.41 Å². The molecule has 0 aliphatic heterocycles. The van der Waals surface area contributed by atoms with Crippen molar-refractivity contribution in [1.82, 2.24) is 9.97 Å². The van der Waals surface area contributed by atoms with E-state index in [9.17, 15) is 0 Å². The first kappa shape index (κ1) is 34.0. The van der Waals surface area contributed by atoms with Crippen LogP contribution in [0.4, 0.5) is 0 Å². The van der Waals surface area contributed by atoms with Gasteiger partial charge in [0.2, 0.25) is 0 Å². The fourth-order valence-corrected chi connectivity index (χ4v) is 10.5. The highest BCUT2D eigenvalue weighted by atomic mass is 14.9. The van der Waals surface area contributed by atoms with Gasteiger partial charge in [-0.1, -0.05) is 182 Å². The van der Waals surface area contributed by atoms with Gasteiger partial charge in [-0.2, -0.15) is 0 Å². The van der Waals surface area contributed by atoms with Crippen LogP contribution in [0.1, 0.15) is 11.1 Å². The molecule has 0 saturated heterocycles. The van der Waals surface area contributed by atoms with Crippen LogP contribution in [0, 0.1) is 0 Å². The van der Waals surface area contributed by atoms with Crippen molar-refractivity contribution in [3.8, 4) is 56.2 Å². The summed E-state index contributed by atoms with van der Waals surface area (Å²) >= 11 is 0. The van der Waals surface area contributed by atoms with Gasteiger partial charge in [0.05, 0.1) is 16.8 Å². The van der Waals surface area contributed by atoms with E-state index in [-0.39, 0.29) is 5.41 Å². The molecule has 1 aromatic heterocycles. The van der Waals surface area contributed by atoms with Gasteiger partial charge >= 0.3 is 0 Å². The summed E-state index contributed by atoms with van der Waals surface area (Å²) in [7, 11) is 0. The van der Waals surface area contributed by atoms with E-state index in [0.717, 1.165) is 39.2 Å². The molecule has 3 aliphatic carbocycles. The number of aromatic nitrogens is 2. The molecule has 0 radical (unpaired) electrons. The Morgan fingerprint density at radius 3 is 1.61 bits per heavy atom. The van der Waals surface area contributed by atoms with Gasteiger partial charge in [-0.15, -0.1) is 0 Å². The van der Waals surface area contributed by atoms with Gasteiger partial charge in [0, 0.05) is 16.7 Å². The zero-order valence-electron chi connectivity index (χ0n) is 33.2. The molecule has 0 bridgehead atoms. The van der Waals surface area contributed by atoms with Crippen molar-refractivity contribution < 1.29 is 0 Å². The molecule has 0 saturated carbocycles. The molecule has 1 heterocycles. The molecule has 282 valence electrons. The van der Waals surface area contributed by atoms with E-state index >= 15 is 0 Å². The lowest BCUT2D eigenvalue weighted by molar-refractivity contribution is 0.859. The van der Waals surface area contributed by atoms with Crippen molar-refractivity contribution in [2.75, 3.05) is 0 Å². The second-order valence-electron chi connectivity index (χ2n) is 16.5. The molecule has 2 heteroatoms.